The van der Waals surface area contributed by atoms with Gasteiger partial charge in [0, 0.05) is 15.8 Å². The first-order chi connectivity index (χ1) is 8.61. The van der Waals surface area contributed by atoms with Gasteiger partial charge < -0.3 is 10.5 Å². The summed E-state index contributed by atoms with van der Waals surface area (Å²) in [6.07, 6.45) is 4.84. The molecule has 0 amide bonds. The molecule has 3 nitrogen and oxygen atoms in total. The summed E-state index contributed by atoms with van der Waals surface area (Å²) >= 11 is 7.87. The van der Waals surface area contributed by atoms with Crippen molar-refractivity contribution in [3.8, 4) is 0 Å². The number of thioether (sulfide) groups is 1. The molecule has 5 heteroatoms. The number of nitrogen functional groups attached to an aromatic ring is 1. The van der Waals surface area contributed by atoms with E-state index in [-0.39, 0.29) is 5.97 Å². The van der Waals surface area contributed by atoms with Gasteiger partial charge in [0.25, 0.3) is 0 Å². The topological polar surface area (TPSA) is 52.3 Å². The number of carbonyl (C=O) groups is 1. The Morgan fingerprint density at radius 3 is 2.72 bits per heavy atom. The first-order valence-corrected chi connectivity index (χ1v) is 7.21. The molecular weight excluding hydrogens is 270 g/mol. The third-order valence-corrected chi connectivity index (χ3v) is 4.95. The molecule has 18 heavy (non-hydrogen) atoms. The van der Waals surface area contributed by atoms with Crippen LogP contribution in [0.15, 0.2) is 17.0 Å². The fourth-order valence-electron chi connectivity index (χ4n) is 2.17. The Balaban J connectivity index is 2.33. The molecule has 98 valence electrons. The molecule has 1 aromatic rings. The van der Waals surface area contributed by atoms with Gasteiger partial charge in [0.1, 0.15) is 0 Å². The minimum Gasteiger partial charge on any atom is -0.465 e. The maximum absolute atomic E-state index is 11.8. The second-order valence-corrected chi connectivity index (χ2v) is 6.11. The zero-order valence-electron chi connectivity index (χ0n) is 10.2. The van der Waals surface area contributed by atoms with Crippen molar-refractivity contribution in [3.05, 3.63) is 22.7 Å². The van der Waals surface area contributed by atoms with Gasteiger partial charge in [-0.3, -0.25) is 0 Å². The smallest absolute Gasteiger partial charge is 0.339 e. The number of hydrogen-bond donors (Lipinski definition) is 1. The molecule has 1 saturated carbocycles. The van der Waals surface area contributed by atoms with Crippen LogP contribution in [0.3, 0.4) is 0 Å². The molecule has 0 heterocycles. The molecule has 2 rings (SSSR count). The number of esters is 1. The van der Waals surface area contributed by atoms with E-state index >= 15 is 0 Å². The predicted molar refractivity (Wildman–Crippen MR) is 75.3 cm³/mol. The van der Waals surface area contributed by atoms with E-state index in [0.717, 1.165) is 4.90 Å². The van der Waals surface area contributed by atoms with Crippen LogP contribution in [0.1, 0.15) is 36.0 Å². The molecule has 0 aliphatic heterocycles. The average Bonchev–Trinajstić information content (AvgIpc) is 2.84. The summed E-state index contributed by atoms with van der Waals surface area (Å²) in [6.45, 7) is 0. The summed E-state index contributed by atoms with van der Waals surface area (Å²) in [4.78, 5) is 12.6. The summed E-state index contributed by atoms with van der Waals surface area (Å²) in [5.74, 6) is -0.385. The van der Waals surface area contributed by atoms with Crippen molar-refractivity contribution in [3.63, 3.8) is 0 Å². The minimum absolute atomic E-state index is 0.385. The molecule has 1 aromatic carbocycles. The van der Waals surface area contributed by atoms with Crippen molar-refractivity contribution in [1.29, 1.82) is 0 Å². The fraction of sp³-hybridized carbons (Fsp3) is 0.462. The molecule has 0 aromatic heterocycles. The normalized spacial score (nSPS) is 15.9. The molecule has 2 N–H and O–H groups in total. The lowest BCUT2D eigenvalue weighted by atomic mass is 10.2. The number of rotatable bonds is 3. The Hall–Kier alpha value is -0.870. The van der Waals surface area contributed by atoms with Gasteiger partial charge in [-0.05, 0) is 25.0 Å². The summed E-state index contributed by atoms with van der Waals surface area (Å²) < 4.78 is 4.78. The molecule has 0 atom stereocenters. The summed E-state index contributed by atoms with van der Waals surface area (Å²) in [6, 6.07) is 3.32. The molecule has 0 unspecified atom stereocenters. The van der Waals surface area contributed by atoms with Gasteiger partial charge >= 0.3 is 5.97 Å². The van der Waals surface area contributed by atoms with Gasteiger partial charge in [0.05, 0.1) is 17.7 Å². The van der Waals surface area contributed by atoms with E-state index in [9.17, 15) is 4.79 Å². The maximum Gasteiger partial charge on any atom is 0.339 e. The lowest BCUT2D eigenvalue weighted by Gasteiger charge is -2.14. The molecule has 0 radical (unpaired) electrons. The van der Waals surface area contributed by atoms with Crippen LogP contribution in [-0.2, 0) is 4.74 Å². The number of ether oxygens (including phenoxy) is 1. The van der Waals surface area contributed by atoms with Gasteiger partial charge in [-0.2, -0.15) is 0 Å². The minimum atomic E-state index is -0.385. The van der Waals surface area contributed by atoms with E-state index < -0.39 is 0 Å². The summed E-state index contributed by atoms with van der Waals surface area (Å²) in [5, 5.41) is 1.07. The van der Waals surface area contributed by atoms with Crippen molar-refractivity contribution in [1.82, 2.24) is 0 Å². The number of carbonyl (C=O) groups excluding carboxylic acids is 1. The van der Waals surface area contributed by atoms with Crippen molar-refractivity contribution in [2.75, 3.05) is 12.8 Å². The quantitative estimate of drug-likeness (QED) is 0.679. The zero-order chi connectivity index (χ0) is 13.1. The lowest BCUT2D eigenvalue weighted by Crippen LogP contribution is -2.06. The van der Waals surface area contributed by atoms with Gasteiger partial charge in [-0.25, -0.2) is 4.79 Å². The van der Waals surface area contributed by atoms with E-state index in [2.05, 4.69) is 0 Å². The molecule has 0 bridgehead atoms. The molecule has 1 fully saturated rings. The number of hydrogen-bond acceptors (Lipinski definition) is 4. The lowest BCUT2D eigenvalue weighted by molar-refractivity contribution is 0.0597. The number of nitrogens with two attached hydrogens (primary N) is 1. The highest BCUT2D eigenvalue weighted by Gasteiger charge is 2.22. The van der Waals surface area contributed by atoms with Gasteiger partial charge in [0.15, 0.2) is 0 Å². The maximum atomic E-state index is 11.8. The molecule has 1 aliphatic rings. The van der Waals surface area contributed by atoms with E-state index in [4.69, 9.17) is 22.1 Å². The van der Waals surface area contributed by atoms with Crippen LogP contribution < -0.4 is 5.73 Å². The Morgan fingerprint density at radius 2 is 2.11 bits per heavy atom. The van der Waals surface area contributed by atoms with E-state index in [1.807, 2.05) is 0 Å². The van der Waals surface area contributed by atoms with Crippen LogP contribution in [0.2, 0.25) is 5.02 Å². The Bertz CT molecular complexity index is 459. The van der Waals surface area contributed by atoms with E-state index in [1.54, 1.807) is 23.9 Å². The fourth-order valence-corrected chi connectivity index (χ4v) is 3.87. The number of methoxy groups -OCH3 is 1. The van der Waals surface area contributed by atoms with Crippen molar-refractivity contribution in [2.24, 2.45) is 0 Å². The van der Waals surface area contributed by atoms with Crippen LogP contribution >= 0.6 is 23.4 Å². The largest absolute Gasteiger partial charge is 0.465 e. The Labute approximate surface area is 116 Å². The SMILES string of the molecule is COC(=O)c1cc(N)cc(Cl)c1SC1CCCC1. The second-order valence-electron chi connectivity index (χ2n) is 4.40. The second kappa shape index (κ2) is 5.85. The number of benzene rings is 1. The molecule has 0 saturated heterocycles. The Kier molecular flexibility index (Phi) is 4.40. The molecule has 1 aliphatic carbocycles. The zero-order valence-corrected chi connectivity index (χ0v) is 11.8. The van der Waals surface area contributed by atoms with Crippen LogP contribution in [-0.4, -0.2) is 18.3 Å². The van der Waals surface area contributed by atoms with Crippen LogP contribution in [0.5, 0.6) is 0 Å². The molecule has 0 spiro atoms. The van der Waals surface area contributed by atoms with E-state index in [1.165, 1.54) is 32.8 Å². The first-order valence-electron chi connectivity index (χ1n) is 5.96. The highest BCUT2D eigenvalue weighted by molar-refractivity contribution is 8.00. The van der Waals surface area contributed by atoms with Crippen molar-refractivity contribution >= 4 is 35.0 Å². The van der Waals surface area contributed by atoms with E-state index in [0.29, 0.717) is 21.5 Å². The predicted octanol–water partition coefficient (Wildman–Crippen LogP) is 3.74. The summed E-state index contributed by atoms with van der Waals surface area (Å²) in [5.41, 5.74) is 6.68. The van der Waals surface area contributed by atoms with Crippen LogP contribution in [0, 0.1) is 0 Å². The first kappa shape index (κ1) is 13.6. The van der Waals surface area contributed by atoms with Gasteiger partial charge in [0.2, 0.25) is 0 Å². The third-order valence-electron chi connectivity index (χ3n) is 3.06. The van der Waals surface area contributed by atoms with Crippen LogP contribution in [0.25, 0.3) is 0 Å². The Morgan fingerprint density at radius 1 is 1.44 bits per heavy atom. The van der Waals surface area contributed by atoms with Gasteiger partial charge in [-0.1, -0.05) is 24.4 Å². The van der Waals surface area contributed by atoms with Gasteiger partial charge in [-0.15, -0.1) is 11.8 Å². The third kappa shape index (κ3) is 2.93. The standard InChI is InChI=1S/C13H16ClNO2S/c1-17-13(16)10-6-8(15)7-11(14)12(10)18-9-4-2-3-5-9/h6-7,9H,2-5,15H2,1H3. The average molecular weight is 286 g/mol. The summed E-state index contributed by atoms with van der Waals surface area (Å²) in [7, 11) is 1.36. The highest BCUT2D eigenvalue weighted by atomic mass is 35.5. The van der Waals surface area contributed by atoms with Crippen LogP contribution in [0.4, 0.5) is 5.69 Å². The molecular formula is C13H16ClNO2S. The number of halogens is 1. The highest BCUT2D eigenvalue weighted by Crippen LogP contribution is 2.40. The van der Waals surface area contributed by atoms with Crippen molar-refractivity contribution in [2.45, 2.75) is 35.8 Å². The van der Waals surface area contributed by atoms with Crippen molar-refractivity contribution < 1.29 is 9.53 Å². The number of anilines is 1. The monoisotopic (exact) mass is 285 g/mol.